The van der Waals surface area contributed by atoms with Crippen LogP contribution in [0.1, 0.15) is 115 Å². The number of hydrogen-bond donors (Lipinski definition) is 0. The van der Waals surface area contributed by atoms with Gasteiger partial charge in [0, 0.05) is 10.8 Å². The summed E-state index contributed by atoms with van der Waals surface area (Å²) in [6, 6.07) is 31.8. The monoisotopic (exact) mass is 1110 g/mol. The SMILES string of the molecule is CC(Br)C(=O)Oc1ccc(C2(c3ccc(OC(=O)C(C)Br)cc3)CCC(C(C)(C)C3CCC(c4ccc(OC(=O)C(C)Br)cc4)(c4ccc(OC(=O)C(C)Br)cc4)CC3)CC2)cc1. The predicted octanol–water partition coefficient (Wildman–Crippen LogP) is 13.1. The largest absolute Gasteiger partial charge is 0.426 e. The summed E-state index contributed by atoms with van der Waals surface area (Å²) in [5, 5.41) is 0. The zero-order valence-electron chi connectivity index (χ0n) is 36.6. The summed E-state index contributed by atoms with van der Waals surface area (Å²) >= 11 is 13.2. The molecule has 2 fully saturated rings. The van der Waals surface area contributed by atoms with Crippen LogP contribution < -0.4 is 18.9 Å². The van der Waals surface area contributed by atoms with Gasteiger partial charge < -0.3 is 18.9 Å². The minimum absolute atomic E-state index is 0.0576. The summed E-state index contributed by atoms with van der Waals surface area (Å²) in [5.74, 6) is 1.63. The van der Waals surface area contributed by atoms with Crippen LogP contribution in [-0.4, -0.2) is 43.2 Å². The van der Waals surface area contributed by atoms with Gasteiger partial charge >= 0.3 is 23.9 Å². The first-order chi connectivity index (χ1) is 29.8. The topological polar surface area (TPSA) is 105 Å². The van der Waals surface area contributed by atoms with Gasteiger partial charge in [-0.1, -0.05) is 126 Å². The fourth-order valence-corrected chi connectivity index (χ4v) is 10.1. The Balaban J connectivity index is 1.24. The van der Waals surface area contributed by atoms with Gasteiger partial charge in [-0.2, -0.15) is 0 Å². The Morgan fingerprint density at radius 2 is 0.619 bits per heavy atom. The van der Waals surface area contributed by atoms with E-state index in [-0.39, 0.29) is 40.1 Å². The molecule has 2 aliphatic rings. The molecule has 63 heavy (non-hydrogen) atoms. The molecule has 4 unspecified atom stereocenters. The van der Waals surface area contributed by atoms with Crippen LogP contribution in [0.3, 0.4) is 0 Å². The molecule has 0 aliphatic heterocycles. The molecule has 0 spiro atoms. The highest BCUT2D eigenvalue weighted by atomic mass is 79.9. The van der Waals surface area contributed by atoms with Crippen molar-refractivity contribution in [2.24, 2.45) is 17.3 Å². The van der Waals surface area contributed by atoms with E-state index in [4.69, 9.17) is 18.9 Å². The van der Waals surface area contributed by atoms with Crippen molar-refractivity contribution >= 4 is 87.6 Å². The predicted molar refractivity (Wildman–Crippen MR) is 261 cm³/mol. The van der Waals surface area contributed by atoms with Gasteiger partial charge in [0.15, 0.2) is 0 Å². The fourth-order valence-electron chi connectivity index (χ4n) is 9.69. The maximum atomic E-state index is 12.4. The van der Waals surface area contributed by atoms with E-state index in [0.717, 1.165) is 73.6 Å². The second-order valence-corrected chi connectivity index (χ2v) is 23.3. The molecule has 0 amide bonds. The van der Waals surface area contributed by atoms with Crippen molar-refractivity contribution in [1.82, 2.24) is 0 Å². The highest BCUT2D eigenvalue weighted by molar-refractivity contribution is 9.10. The zero-order chi connectivity index (χ0) is 45.7. The van der Waals surface area contributed by atoms with Crippen LogP contribution in [0.15, 0.2) is 97.1 Å². The van der Waals surface area contributed by atoms with Crippen molar-refractivity contribution < 1.29 is 38.1 Å². The molecule has 0 N–H and O–H groups in total. The zero-order valence-corrected chi connectivity index (χ0v) is 43.0. The third-order valence-electron chi connectivity index (χ3n) is 13.6. The van der Waals surface area contributed by atoms with Gasteiger partial charge in [-0.25, -0.2) is 0 Å². The molecule has 6 rings (SSSR count). The number of ether oxygens (including phenoxy) is 4. The minimum atomic E-state index is -0.414. The Kier molecular flexibility index (Phi) is 16.3. The van der Waals surface area contributed by atoms with E-state index in [1.807, 2.05) is 48.5 Å². The fraction of sp³-hybridized carbons (Fsp3) is 0.451. The van der Waals surface area contributed by atoms with Crippen LogP contribution >= 0.6 is 63.7 Å². The Morgan fingerprint density at radius 3 is 0.794 bits per heavy atom. The average molecular weight is 1120 g/mol. The highest BCUT2D eigenvalue weighted by Gasteiger charge is 2.48. The molecule has 0 aromatic heterocycles. The van der Waals surface area contributed by atoms with E-state index in [1.165, 1.54) is 0 Å². The lowest BCUT2D eigenvalue weighted by Crippen LogP contribution is -2.43. The van der Waals surface area contributed by atoms with E-state index >= 15 is 0 Å². The first kappa shape index (κ1) is 49.1. The van der Waals surface area contributed by atoms with Gasteiger partial charge in [0.05, 0.1) is 0 Å². The molecule has 0 saturated heterocycles. The number of hydrogen-bond acceptors (Lipinski definition) is 8. The lowest BCUT2D eigenvalue weighted by atomic mass is 9.53. The number of alkyl halides is 4. The van der Waals surface area contributed by atoms with E-state index in [2.05, 4.69) is 126 Å². The summed E-state index contributed by atoms with van der Waals surface area (Å²) in [6.45, 7) is 11.9. The summed E-state index contributed by atoms with van der Waals surface area (Å²) in [4.78, 5) is 47.8. The van der Waals surface area contributed by atoms with E-state index < -0.39 is 19.3 Å². The summed E-state index contributed by atoms with van der Waals surface area (Å²) < 4.78 is 22.4. The lowest BCUT2D eigenvalue weighted by molar-refractivity contribution is -0.134. The van der Waals surface area contributed by atoms with Gasteiger partial charge in [-0.15, -0.1) is 0 Å². The molecular formula is C51H56Br4O8. The molecule has 0 heterocycles. The molecule has 336 valence electrons. The molecule has 2 saturated carbocycles. The van der Waals surface area contributed by atoms with Crippen molar-refractivity contribution in [2.75, 3.05) is 0 Å². The maximum Gasteiger partial charge on any atom is 0.324 e. The van der Waals surface area contributed by atoms with Crippen LogP contribution in [0.2, 0.25) is 0 Å². The van der Waals surface area contributed by atoms with Crippen LogP contribution in [-0.2, 0) is 30.0 Å². The average Bonchev–Trinajstić information content (AvgIpc) is 3.27. The number of carbonyl (C=O) groups excluding carboxylic acids is 4. The van der Waals surface area contributed by atoms with E-state index in [0.29, 0.717) is 34.8 Å². The van der Waals surface area contributed by atoms with Crippen LogP contribution in [0.4, 0.5) is 0 Å². The maximum absolute atomic E-state index is 12.4. The standard InChI is InChI=1S/C51H56Br4O8/c1-31(52)45(56)60-41-15-7-37(8-16-41)50(38-9-17-42(18-10-38)61-46(57)32(2)53)27-23-35(24-28-50)49(5,6)36-25-29-51(30-26-36,39-11-19-43(20-12-39)62-47(58)33(3)54)40-13-21-44(22-14-40)63-48(59)34(4)55/h7-22,31-36H,23-30H2,1-6H3. The van der Waals surface area contributed by atoms with Crippen molar-refractivity contribution in [3.63, 3.8) is 0 Å². The first-order valence-corrected chi connectivity index (χ1v) is 25.4. The molecule has 8 nitrogen and oxygen atoms in total. The summed E-state index contributed by atoms with van der Waals surface area (Å²) in [5.41, 5.74) is 4.14. The second-order valence-electron chi connectivity index (χ2n) is 17.8. The number of halogens is 4. The molecule has 4 atom stereocenters. The second kappa shape index (κ2) is 20.9. The number of esters is 4. The quantitative estimate of drug-likeness (QED) is 0.0698. The third-order valence-corrected chi connectivity index (χ3v) is 15.1. The van der Waals surface area contributed by atoms with Crippen LogP contribution in [0.25, 0.3) is 0 Å². The molecule has 12 heteroatoms. The van der Waals surface area contributed by atoms with Crippen LogP contribution in [0.5, 0.6) is 23.0 Å². The lowest BCUT2D eigenvalue weighted by Gasteiger charge is -2.51. The van der Waals surface area contributed by atoms with Crippen molar-refractivity contribution in [1.29, 1.82) is 0 Å². The molecule has 0 bridgehead atoms. The molecule has 2 aliphatic carbocycles. The summed E-state index contributed by atoms with van der Waals surface area (Å²) in [6.07, 6.45) is 7.86. The number of benzene rings is 4. The van der Waals surface area contributed by atoms with E-state index in [1.54, 1.807) is 27.7 Å². The third kappa shape index (κ3) is 11.4. The van der Waals surface area contributed by atoms with Gasteiger partial charge in [-0.3, -0.25) is 19.2 Å². The van der Waals surface area contributed by atoms with Crippen LogP contribution in [0, 0.1) is 17.3 Å². The van der Waals surface area contributed by atoms with Crippen molar-refractivity contribution in [3.8, 4) is 23.0 Å². The number of carbonyl (C=O) groups is 4. The van der Waals surface area contributed by atoms with Crippen molar-refractivity contribution in [3.05, 3.63) is 119 Å². The van der Waals surface area contributed by atoms with Crippen molar-refractivity contribution in [2.45, 2.75) is 123 Å². The van der Waals surface area contributed by atoms with Gasteiger partial charge in [0.25, 0.3) is 0 Å². The highest BCUT2D eigenvalue weighted by Crippen LogP contribution is 2.57. The van der Waals surface area contributed by atoms with Gasteiger partial charge in [0.2, 0.25) is 0 Å². The molecule has 0 radical (unpaired) electrons. The van der Waals surface area contributed by atoms with E-state index in [9.17, 15) is 19.2 Å². The Labute approximate surface area is 405 Å². The molecule has 4 aromatic rings. The molecular weight excluding hydrogens is 1060 g/mol. The Morgan fingerprint density at radius 1 is 0.429 bits per heavy atom. The first-order valence-electron chi connectivity index (χ1n) is 21.7. The van der Waals surface area contributed by atoms with Gasteiger partial charge in [-0.05, 0) is 167 Å². The van der Waals surface area contributed by atoms with Gasteiger partial charge in [0.1, 0.15) is 42.3 Å². The normalized spacial score (nSPS) is 23.3. The Bertz CT molecular complexity index is 1910. The summed E-state index contributed by atoms with van der Waals surface area (Å²) in [7, 11) is 0. The molecule has 4 aromatic carbocycles. The smallest absolute Gasteiger partial charge is 0.324 e. The Hall–Kier alpha value is -3.32. The number of rotatable bonds is 14. The minimum Gasteiger partial charge on any atom is -0.426 e.